The highest BCUT2D eigenvalue weighted by molar-refractivity contribution is 7.58. The van der Waals surface area contributed by atoms with Crippen molar-refractivity contribution >= 4 is 36.6 Å². The minimum absolute atomic E-state index is 0.480. The van der Waals surface area contributed by atoms with Gasteiger partial charge in [-0.2, -0.15) is 0 Å². The van der Waals surface area contributed by atoms with E-state index in [-0.39, 0.29) is 0 Å². The van der Waals surface area contributed by atoms with Crippen LogP contribution < -0.4 is 5.09 Å². The zero-order chi connectivity index (χ0) is 16.3. The van der Waals surface area contributed by atoms with Crippen molar-refractivity contribution in [2.24, 2.45) is 0 Å². The van der Waals surface area contributed by atoms with E-state index in [1.807, 2.05) is 41.1 Å². The summed E-state index contributed by atoms with van der Waals surface area (Å²) in [6, 6.07) is 14.9. The van der Waals surface area contributed by atoms with Crippen LogP contribution in [0.15, 0.2) is 48.5 Å². The lowest BCUT2D eigenvalue weighted by molar-refractivity contribution is 0.206. The van der Waals surface area contributed by atoms with Crippen molar-refractivity contribution in [3.63, 3.8) is 0 Å². The average Bonchev–Trinajstić information content (AvgIpc) is 2.54. The van der Waals surface area contributed by atoms with Gasteiger partial charge in [-0.15, -0.1) is 0 Å². The standard InChI is InChI=1S/C16H17Cl2N2O2P/c17-15-8-7-13(11-16(15)18)12-20-9-4-10-22-23(20,21)19-14-5-2-1-3-6-14/h1-3,5-8,11H,4,9-10,12H2,(H,19,21). The molecule has 0 amide bonds. The Labute approximate surface area is 145 Å². The largest absolute Gasteiger partial charge is 0.368 e. The topological polar surface area (TPSA) is 41.6 Å². The van der Waals surface area contributed by atoms with Gasteiger partial charge in [-0.3, -0.25) is 0 Å². The van der Waals surface area contributed by atoms with E-state index in [1.165, 1.54) is 0 Å². The number of hydrogen-bond donors (Lipinski definition) is 1. The van der Waals surface area contributed by atoms with Crippen molar-refractivity contribution in [1.29, 1.82) is 0 Å². The number of hydrogen-bond acceptors (Lipinski definition) is 2. The number of nitrogens with zero attached hydrogens (tertiary/aromatic N) is 1. The number of anilines is 1. The number of para-hydroxylation sites is 1. The minimum atomic E-state index is -3.13. The number of rotatable bonds is 4. The first-order valence-corrected chi connectivity index (χ1v) is 9.67. The van der Waals surface area contributed by atoms with Crippen LogP contribution in [-0.2, 0) is 15.6 Å². The molecule has 0 saturated carbocycles. The Bertz CT molecular complexity index is 727. The summed E-state index contributed by atoms with van der Waals surface area (Å²) < 4.78 is 20.7. The number of halogens is 2. The van der Waals surface area contributed by atoms with Crippen LogP contribution >= 0.6 is 30.9 Å². The monoisotopic (exact) mass is 370 g/mol. The molecule has 2 aromatic carbocycles. The van der Waals surface area contributed by atoms with E-state index < -0.39 is 7.67 Å². The summed E-state index contributed by atoms with van der Waals surface area (Å²) >= 11 is 12.0. The normalized spacial score (nSPS) is 22.0. The third-order valence-electron chi connectivity index (χ3n) is 3.59. The van der Waals surface area contributed by atoms with Gasteiger partial charge in [0.25, 0.3) is 0 Å². The van der Waals surface area contributed by atoms with Crippen molar-refractivity contribution in [2.45, 2.75) is 13.0 Å². The molecule has 0 spiro atoms. The molecule has 1 aliphatic heterocycles. The van der Waals surface area contributed by atoms with Crippen molar-refractivity contribution in [3.8, 4) is 0 Å². The predicted octanol–water partition coefficient (Wildman–Crippen LogP) is 5.44. The second-order valence-corrected chi connectivity index (χ2v) is 8.22. The smallest absolute Gasteiger partial charge is 0.303 e. The van der Waals surface area contributed by atoms with Gasteiger partial charge in [0.2, 0.25) is 0 Å². The molecule has 2 aromatic rings. The summed E-state index contributed by atoms with van der Waals surface area (Å²) in [6.45, 7) is 1.65. The molecule has 122 valence electrons. The van der Waals surface area contributed by atoms with E-state index >= 15 is 0 Å². The molecule has 3 rings (SSSR count). The molecule has 1 N–H and O–H groups in total. The van der Waals surface area contributed by atoms with Crippen molar-refractivity contribution < 1.29 is 9.09 Å². The predicted molar refractivity (Wildman–Crippen MR) is 95.1 cm³/mol. The van der Waals surface area contributed by atoms with Crippen LogP contribution in [0.5, 0.6) is 0 Å². The number of nitrogens with one attached hydrogen (secondary N) is 1. The third kappa shape index (κ3) is 4.09. The highest BCUT2D eigenvalue weighted by atomic mass is 35.5. The molecule has 1 atom stereocenters. The number of benzene rings is 2. The Balaban J connectivity index is 1.80. The van der Waals surface area contributed by atoms with Gasteiger partial charge in [-0.25, -0.2) is 9.24 Å². The van der Waals surface area contributed by atoms with Gasteiger partial charge in [0.1, 0.15) is 0 Å². The first kappa shape index (κ1) is 16.8. The fourth-order valence-electron chi connectivity index (χ4n) is 2.45. The maximum atomic E-state index is 13.2. The molecular formula is C16H17Cl2N2O2P. The molecule has 1 saturated heterocycles. The molecule has 0 aliphatic carbocycles. The molecule has 0 bridgehead atoms. The van der Waals surface area contributed by atoms with Gasteiger partial charge in [-0.1, -0.05) is 47.5 Å². The van der Waals surface area contributed by atoms with Crippen LogP contribution in [-0.4, -0.2) is 17.8 Å². The molecule has 4 nitrogen and oxygen atoms in total. The fraction of sp³-hybridized carbons (Fsp3) is 0.250. The first-order valence-electron chi connectivity index (χ1n) is 7.34. The van der Waals surface area contributed by atoms with Crippen LogP contribution in [0.1, 0.15) is 12.0 Å². The summed E-state index contributed by atoms with van der Waals surface area (Å²) in [7, 11) is -3.13. The minimum Gasteiger partial charge on any atom is -0.303 e. The molecule has 1 heterocycles. The lowest BCUT2D eigenvalue weighted by Crippen LogP contribution is -2.31. The Hall–Kier alpha value is -1.03. The van der Waals surface area contributed by atoms with Crippen LogP contribution in [0, 0.1) is 0 Å². The van der Waals surface area contributed by atoms with Gasteiger partial charge in [-0.05, 0) is 36.2 Å². The summed E-state index contributed by atoms with van der Waals surface area (Å²) in [5, 5.41) is 4.06. The SMILES string of the molecule is O=P1(Nc2ccccc2)OCCCN1Cc1ccc(Cl)c(Cl)c1. The van der Waals surface area contributed by atoms with Gasteiger partial charge in [0, 0.05) is 18.8 Å². The molecule has 0 radical (unpaired) electrons. The summed E-state index contributed by atoms with van der Waals surface area (Å²) in [4.78, 5) is 0. The van der Waals surface area contributed by atoms with Gasteiger partial charge in [0.15, 0.2) is 0 Å². The third-order valence-corrected chi connectivity index (χ3v) is 6.49. The highest BCUT2D eigenvalue weighted by Crippen LogP contribution is 2.53. The van der Waals surface area contributed by atoms with Gasteiger partial charge >= 0.3 is 7.67 Å². The molecule has 7 heteroatoms. The van der Waals surface area contributed by atoms with E-state index in [1.54, 1.807) is 12.1 Å². The second-order valence-electron chi connectivity index (χ2n) is 5.32. The fourth-order valence-corrected chi connectivity index (χ4v) is 4.74. The van der Waals surface area contributed by atoms with Crippen LogP contribution in [0.3, 0.4) is 0 Å². The van der Waals surface area contributed by atoms with Crippen LogP contribution in [0.4, 0.5) is 5.69 Å². The molecular weight excluding hydrogens is 354 g/mol. The molecule has 0 aromatic heterocycles. The lowest BCUT2D eigenvalue weighted by atomic mass is 10.2. The zero-order valence-corrected chi connectivity index (χ0v) is 14.8. The molecule has 1 fully saturated rings. The van der Waals surface area contributed by atoms with Crippen molar-refractivity contribution in [2.75, 3.05) is 18.2 Å². The Morgan fingerprint density at radius 3 is 2.65 bits per heavy atom. The van der Waals surface area contributed by atoms with Crippen LogP contribution in [0.25, 0.3) is 0 Å². The molecule has 1 aliphatic rings. The summed E-state index contributed by atoms with van der Waals surface area (Å²) in [5.41, 5.74) is 1.72. The lowest BCUT2D eigenvalue weighted by Gasteiger charge is -2.35. The summed E-state index contributed by atoms with van der Waals surface area (Å²) in [6.07, 6.45) is 0.835. The van der Waals surface area contributed by atoms with E-state index in [2.05, 4.69) is 5.09 Å². The van der Waals surface area contributed by atoms with E-state index in [0.717, 1.165) is 17.7 Å². The summed E-state index contributed by atoms with van der Waals surface area (Å²) in [5.74, 6) is 0. The first-order chi connectivity index (χ1) is 11.1. The van der Waals surface area contributed by atoms with E-state index in [9.17, 15) is 4.57 Å². The van der Waals surface area contributed by atoms with Crippen molar-refractivity contribution in [3.05, 3.63) is 64.1 Å². The van der Waals surface area contributed by atoms with Crippen LogP contribution in [0.2, 0.25) is 10.0 Å². The Morgan fingerprint density at radius 2 is 1.91 bits per heavy atom. The van der Waals surface area contributed by atoms with E-state index in [0.29, 0.717) is 29.7 Å². The molecule has 23 heavy (non-hydrogen) atoms. The Morgan fingerprint density at radius 1 is 1.13 bits per heavy atom. The Kier molecular flexibility index (Phi) is 5.30. The van der Waals surface area contributed by atoms with E-state index in [4.69, 9.17) is 27.7 Å². The van der Waals surface area contributed by atoms with Gasteiger partial charge < -0.3 is 9.61 Å². The van der Waals surface area contributed by atoms with Crippen molar-refractivity contribution in [1.82, 2.24) is 4.67 Å². The maximum Gasteiger partial charge on any atom is 0.368 e. The zero-order valence-electron chi connectivity index (χ0n) is 12.4. The average molecular weight is 371 g/mol. The maximum absolute atomic E-state index is 13.2. The quantitative estimate of drug-likeness (QED) is 0.727. The molecule has 1 unspecified atom stereocenters. The highest BCUT2D eigenvalue weighted by Gasteiger charge is 2.35. The van der Waals surface area contributed by atoms with Gasteiger partial charge in [0.05, 0.1) is 16.7 Å². The second kappa shape index (κ2) is 7.25.